The molecule has 0 unspecified atom stereocenters. The van der Waals surface area contributed by atoms with Gasteiger partial charge in [0.1, 0.15) is 15.4 Å². The van der Waals surface area contributed by atoms with Crippen molar-refractivity contribution < 1.29 is 17.7 Å². The van der Waals surface area contributed by atoms with E-state index in [1.165, 1.54) is 0 Å². The summed E-state index contributed by atoms with van der Waals surface area (Å²) in [4.78, 5) is 11.9. The predicted molar refractivity (Wildman–Crippen MR) is 67.4 cm³/mol. The van der Waals surface area contributed by atoms with Crippen LogP contribution >= 0.6 is 0 Å². The van der Waals surface area contributed by atoms with Gasteiger partial charge in [0, 0.05) is 18.7 Å². The highest BCUT2D eigenvalue weighted by Crippen LogP contribution is 2.21. The van der Waals surface area contributed by atoms with Crippen molar-refractivity contribution in [3.63, 3.8) is 0 Å². The van der Waals surface area contributed by atoms with E-state index in [0.717, 1.165) is 6.26 Å². The fraction of sp³-hybridized carbons (Fsp3) is 0.636. The summed E-state index contributed by atoms with van der Waals surface area (Å²) in [5.41, 5.74) is 0.911. The second kappa shape index (κ2) is 5.51. The van der Waals surface area contributed by atoms with Crippen LogP contribution in [0.15, 0.2) is 4.52 Å². The van der Waals surface area contributed by atoms with Crippen LogP contribution in [-0.2, 0) is 9.84 Å². The zero-order chi connectivity index (χ0) is 13.9. The van der Waals surface area contributed by atoms with E-state index in [0.29, 0.717) is 17.0 Å². The number of hydrogen-bond donors (Lipinski definition) is 1. The summed E-state index contributed by atoms with van der Waals surface area (Å²) in [6.07, 6.45) is 1.13. The monoisotopic (exact) mass is 274 g/mol. The van der Waals surface area contributed by atoms with Crippen LogP contribution in [0.5, 0.6) is 0 Å². The summed E-state index contributed by atoms with van der Waals surface area (Å²) in [7, 11) is -3.08. The highest BCUT2D eigenvalue weighted by atomic mass is 32.2. The minimum absolute atomic E-state index is 0.0434. The van der Waals surface area contributed by atoms with Crippen molar-refractivity contribution >= 4 is 15.7 Å². The first kappa shape index (κ1) is 14.7. The molecule has 0 spiro atoms. The molecule has 102 valence electrons. The zero-order valence-corrected chi connectivity index (χ0v) is 11.8. The normalized spacial score (nSPS) is 11.8. The molecule has 0 aliphatic carbocycles. The maximum absolute atomic E-state index is 11.9. The first-order chi connectivity index (χ1) is 8.22. The molecule has 0 saturated carbocycles. The lowest BCUT2D eigenvalue weighted by Gasteiger charge is -2.06. The smallest absolute Gasteiger partial charge is 0.256 e. The molecule has 1 aromatic rings. The Morgan fingerprint density at radius 3 is 2.56 bits per heavy atom. The molecule has 0 atom stereocenters. The largest absolute Gasteiger partial charge is 0.360 e. The lowest BCUT2D eigenvalue weighted by Crippen LogP contribution is -2.29. The van der Waals surface area contributed by atoms with E-state index < -0.39 is 9.84 Å². The Morgan fingerprint density at radius 2 is 2.06 bits per heavy atom. The minimum atomic E-state index is -3.08. The van der Waals surface area contributed by atoms with E-state index in [2.05, 4.69) is 10.5 Å². The number of sulfone groups is 1. The van der Waals surface area contributed by atoms with E-state index in [4.69, 9.17) is 4.52 Å². The van der Waals surface area contributed by atoms with Gasteiger partial charge < -0.3 is 9.84 Å². The number of carbonyl (C=O) groups is 1. The summed E-state index contributed by atoms with van der Waals surface area (Å²) < 4.78 is 27.0. The van der Waals surface area contributed by atoms with Gasteiger partial charge in [-0.15, -0.1) is 0 Å². The Bertz CT molecular complexity index is 531. The van der Waals surface area contributed by atoms with Crippen LogP contribution in [0.3, 0.4) is 0 Å². The Kier molecular flexibility index (Phi) is 4.50. The highest BCUT2D eigenvalue weighted by Gasteiger charge is 2.22. The van der Waals surface area contributed by atoms with Gasteiger partial charge in [-0.2, -0.15) is 0 Å². The average Bonchev–Trinajstić information content (AvgIpc) is 2.58. The number of aryl methyl sites for hydroxylation is 1. The number of nitrogens with zero attached hydrogens (tertiary/aromatic N) is 1. The molecule has 0 saturated heterocycles. The van der Waals surface area contributed by atoms with Gasteiger partial charge in [0.15, 0.2) is 5.76 Å². The number of nitrogens with one attached hydrogen (secondary N) is 1. The number of rotatable bonds is 5. The molecule has 1 rings (SSSR count). The number of hydrogen-bond acceptors (Lipinski definition) is 5. The second-order valence-corrected chi connectivity index (χ2v) is 6.81. The van der Waals surface area contributed by atoms with E-state index in [1.807, 2.05) is 13.8 Å². The number of aromatic nitrogens is 1. The van der Waals surface area contributed by atoms with Crippen LogP contribution in [0.2, 0.25) is 0 Å². The molecule has 0 aliphatic heterocycles. The van der Waals surface area contributed by atoms with Gasteiger partial charge in [-0.3, -0.25) is 4.79 Å². The molecule has 0 radical (unpaired) electrons. The summed E-state index contributed by atoms with van der Waals surface area (Å²) in [5.74, 6) is 0.132. The molecule has 1 heterocycles. The Balaban J connectivity index is 2.76. The Labute approximate surface area is 107 Å². The van der Waals surface area contributed by atoms with Crippen LogP contribution in [0.25, 0.3) is 0 Å². The van der Waals surface area contributed by atoms with Gasteiger partial charge in [0.05, 0.1) is 11.4 Å². The van der Waals surface area contributed by atoms with Crippen molar-refractivity contribution in [3.05, 3.63) is 17.0 Å². The Hall–Kier alpha value is -1.37. The SMILES string of the molecule is Cc1noc(C(C)C)c1C(=O)NCCS(C)(=O)=O. The fourth-order valence-electron chi connectivity index (χ4n) is 1.50. The highest BCUT2D eigenvalue weighted by molar-refractivity contribution is 7.90. The Morgan fingerprint density at radius 1 is 1.44 bits per heavy atom. The molecule has 18 heavy (non-hydrogen) atoms. The van der Waals surface area contributed by atoms with Gasteiger partial charge in [0.25, 0.3) is 5.91 Å². The molecule has 0 aromatic carbocycles. The molecule has 6 nitrogen and oxygen atoms in total. The lowest BCUT2D eigenvalue weighted by molar-refractivity contribution is 0.0953. The summed E-state index contributed by atoms with van der Waals surface area (Å²) in [6, 6.07) is 0. The van der Waals surface area contributed by atoms with Gasteiger partial charge in [-0.1, -0.05) is 19.0 Å². The van der Waals surface area contributed by atoms with Crippen LogP contribution in [0.4, 0.5) is 0 Å². The quantitative estimate of drug-likeness (QED) is 0.861. The molecular weight excluding hydrogens is 256 g/mol. The van der Waals surface area contributed by atoms with E-state index in [1.54, 1.807) is 6.92 Å². The topological polar surface area (TPSA) is 89.3 Å². The van der Waals surface area contributed by atoms with Gasteiger partial charge in [0.2, 0.25) is 0 Å². The predicted octanol–water partition coefficient (Wildman–Crippen LogP) is 0.881. The van der Waals surface area contributed by atoms with Gasteiger partial charge in [-0.05, 0) is 6.92 Å². The van der Waals surface area contributed by atoms with Crippen LogP contribution in [-0.4, -0.2) is 38.0 Å². The van der Waals surface area contributed by atoms with Crippen molar-refractivity contribution in [1.29, 1.82) is 0 Å². The minimum Gasteiger partial charge on any atom is -0.360 e. The van der Waals surface area contributed by atoms with Crippen molar-refractivity contribution in [1.82, 2.24) is 10.5 Å². The second-order valence-electron chi connectivity index (χ2n) is 4.55. The first-order valence-electron chi connectivity index (χ1n) is 5.64. The van der Waals surface area contributed by atoms with Gasteiger partial charge in [-0.25, -0.2) is 8.42 Å². The third-order valence-corrected chi connectivity index (χ3v) is 3.34. The maximum Gasteiger partial charge on any atom is 0.256 e. The summed E-state index contributed by atoms with van der Waals surface area (Å²) in [6.45, 7) is 5.56. The molecule has 0 bridgehead atoms. The molecule has 1 amide bonds. The number of amides is 1. The number of carbonyl (C=O) groups excluding carboxylic acids is 1. The molecule has 0 aliphatic rings. The maximum atomic E-state index is 11.9. The molecule has 1 N–H and O–H groups in total. The van der Waals surface area contributed by atoms with Gasteiger partial charge >= 0.3 is 0 Å². The molecular formula is C11H18N2O4S. The molecule has 7 heteroatoms. The first-order valence-corrected chi connectivity index (χ1v) is 7.70. The van der Waals surface area contributed by atoms with Crippen LogP contribution in [0.1, 0.15) is 41.6 Å². The third kappa shape index (κ3) is 3.83. The van der Waals surface area contributed by atoms with Crippen molar-refractivity contribution in [2.75, 3.05) is 18.6 Å². The van der Waals surface area contributed by atoms with Crippen LogP contribution in [0, 0.1) is 6.92 Å². The van der Waals surface area contributed by atoms with E-state index >= 15 is 0 Å². The average molecular weight is 274 g/mol. The summed E-state index contributed by atoms with van der Waals surface area (Å²) in [5, 5.41) is 6.32. The molecule has 0 fully saturated rings. The zero-order valence-electron chi connectivity index (χ0n) is 11.0. The van der Waals surface area contributed by atoms with E-state index in [9.17, 15) is 13.2 Å². The van der Waals surface area contributed by atoms with Crippen molar-refractivity contribution in [2.45, 2.75) is 26.7 Å². The third-order valence-electron chi connectivity index (χ3n) is 2.40. The van der Waals surface area contributed by atoms with Crippen LogP contribution < -0.4 is 5.32 Å². The van der Waals surface area contributed by atoms with Crippen molar-refractivity contribution in [2.24, 2.45) is 0 Å². The standard InChI is InChI=1S/C11H18N2O4S/c1-7(2)10-9(8(3)13-17-10)11(14)12-5-6-18(4,15)16/h7H,5-6H2,1-4H3,(H,12,14). The molecule has 1 aromatic heterocycles. The lowest BCUT2D eigenvalue weighted by atomic mass is 10.0. The van der Waals surface area contributed by atoms with E-state index in [-0.39, 0.29) is 24.1 Å². The van der Waals surface area contributed by atoms with Crippen molar-refractivity contribution in [3.8, 4) is 0 Å². The summed E-state index contributed by atoms with van der Waals surface area (Å²) >= 11 is 0. The fourth-order valence-corrected chi connectivity index (χ4v) is 1.97.